The summed E-state index contributed by atoms with van der Waals surface area (Å²) in [5.41, 5.74) is 3.40. The normalized spacial score (nSPS) is 24.5. The van der Waals surface area contributed by atoms with E-state index in [1.807, 2.05) is 6.92 Å². The molecule has 25 heavy (non-hydrogen) atoms. The van der Waals surface area contributed by atoms with Gasteiger partial charge in [0, 0.05) is 44.0 Å². The number of fused-ring (bicyclic) bond motifs is 1. The first kappa shape index (κ1) is 16.6. The van der Waals surface area contributed by atoms with Crippen molar-refractivity contribution >= 4 is 11.6 Å². The Kier molecular flexibility index (Phi) is 4.50. The molecule has 2 atom stereocenters. The second-order valence-electron chi connectivity index (χ2n) is 7.48. The predicted molar refractivity (Wildman–Crippen MR) is 98.4 cm³/mol. The van der Waals surface area contributed by atoms with Crippen molar-refractivity contribution in [2.45, 2.75) is 64.6 Å². The van der Waals surface area contributed by atoms with Crippen molar-refractivity contribution in [1.82, 2.24) is 19.2 Å². The molecule has 134 valence electrons. The van der Waals surface area contributed by atoms with Crippen LogP contribution in [-0.4, -0.2) is 50.3 Å². The van der Waals surface area contributed by atoms with E-state index in [0.29, 0.717) is 24.4 Å². The second kappa shape index (κ2) is 6.79. The number of amides is 1. The Labute approximate surface area is 149 Å². The topological polar surface area (TPSA) is 40.9 Å². The van der Waals surface area contributed by atoms with E-state index in [1.165, 1.54) is 18.4 Å². The summed E-state index contributed by atoms with van der Waals surface area (Å²) in [5.74, 6) is 0.317. The number of carbonyl (C=O) groups excluding carboxylic acids is 1. The third-order valence-corrected chi connectivity index (χ3v) is 5.87. The minimum Gasteiger partial charge on any atom is -0.338 e. The molecule has 5 nitrogen and oxygen atoms in total. The number of likely N-dealkylation sites (tertiary alicyclic amines) is 2. The summed E-state index contributed by atoms with van der Waals surface area (Å²) in [5, 5.41) is 0. The lowest BCUT2D eigenvalue weighted by Crippen LogP contribution is -2.47. The summed E-state index contributed by atoms with van der Waals surface area (Å²) >= 11 is 0. The van der Waals surface area contributed by atoms with Crippen molar-refractivity contribution in [3.8, 4) is 0 Å². The molecule has 1 amide bonds. The van der Waals surface area contributed by atoms with Crippen LogP contribution in [-0.2, 0) is 11.3 Å². The molecule has 4 rings (SSSR count). The Bertz CT molecular complexity index is 768. The maximum absolute atomic E-state index is 12.3. The highest BCUT2D eigenvalue weighted by Gasteiger charge is 2.39. The third-order valence-electron chi connectivity index (χ3n) is 5.87. The predicted octanol–water partition coefficient (Wildman–Crippen LogP) is 3.01. The van der Waals surface area contributed by atoms with Gasteiger partial charge in [0.2, 0.25) is 5.91 Å². The van der Waals surface area contributed by atoms with E-state index in [4.69, 9.17) is 4.98 Å². The number of pyridine rings is 1. The van der Waals surface area contributed by atoms with Crippen LogP contribution in [0.25, 0.3) is 5.65 Å². The van der Waals surface area contributed by atoms with Gasteiger partial charge in [0.1, 0.15) is 5.65 Å². The van der Waals surface area contributed by atoms with Gasteiger partial charge in [0.25, 0.3) is 0 Å². The maximum atomic E-state index is 12.3. The number of rotatable bonds is 4. The molecule has 2 saturated heterocycles. The van der Waals surface area contributed by atoms with Gasteiger partial charge in [-0.15, -0.1) is 0 Å². The van der Waals surface area contributed by atoms with Crippen molar-refractivity contribution in [3.05, 3.63) is 35.8 Å². The fourth-order valence-electron chi connectivity index (χ4n) is 4.68. The van der Waals surface area contributed by atoms with Crippen LogP contribution in [0.4, 0.5) is 0 Å². The first-order chi connectivity index (χ1) is 12.2. The van der Waals surface area contributed by atoms with Gasteiger partial charge in [-0.3, -0.25) is 9.69 Å². The highest BCUT2D eigenvalue weighted by Crippen LogP contribution is 2.31. The second-order valence-corrected chi connectivity index (χ2v) is 7.48. The number of carbonyl (C=O) groups is 1. The largest absolute Gasteiger partial charge is 0.338 e. The van der Waals surface area contributed by atoms with Crippen LogP contribution in [0.3, 0.4) is 0 Å². The van der Waals surface area contributed by atoms with Gasteiger partial charge < -0.3 is 9.30 Å². The van der Waals surface area contributed by atoms with Gasteiger partial charge in [0.05, 0.1) is 5.69 Å². The monoisotopic (exact) mass is 340 g/mol. The Morgan fingerprint density at radius 3 is 2.84 bits per heavy atom. The molecule has 2 aliphatic rings. The van der Waals surface area contributed by atoms with Gasteiger partial charge in [0.15, 0.2) is 0 Å². The lowest BCUT2D eigenvalue weighted by Gasteiger charge is -2.34. The summed E-state index contributed by atoms with van der Waals surface area (Å²) in [6.07, 6.45) is 9.56. The fourth-order valence-corrected chi connectivity index (χ4v) is 4.68. The van der Waals surface area contributed by atoms with Crippen molar-refractivity contribution in [2.24, 2.45) is 0 Å². The molecule has 2 aliphatic heterocycles. The first-order valence-corrected chi connectivity index (χ1v) is 9.64. The standard InChI is InChI=1S/C20H28N4O/c1-3-19(25)24-12-6-9-18(24)17-8-5-10-22(17)13-16-14-23-11-4-7-15(2)20(23)21-16/h4,7,11,14,17-18H,3,5-6,8-10,12-13H2,1-2H3/t17-,18-/m0/s1. The molecule has 0 radical (unpaired) electrons. The first-order valence-electron chi connectivity index (χ1n) is 9.64. The molecule has 0 unspecified atom stereocenters. The quantitative estimate of drug-likeness (QED) is 0.859. The smallest absolute Gasteiger partial charge is 0.222 e. The molecule has 2 aromatic rings. The summed E-state index contributed by atoms with van der Waals surface area (Å²) in [6, 6.07) is 5.06. The van der Waals surface area contributed by atoms with E-state index >= 15 is 0 Å². The van der Waals surface area contributed by atoms with Gasteiger partial charge in [-0.05, 0) is 50.8 Å². The SMILES string of the molecule is CCC(=O)N1CCC[C@H]1[C@@H]1CCCN1Cc1cn2cccc(C)c2n1. The lowest BCUT2D eigenvalue weighted by atomic mass is 10.0. The maximum Gasteiger partial charge on any atom is 0.222 e. The average molecular weight is 340 g/mol. The molecule has 5 heteroatoms. The number of aryl methyl sites for hydroxylation is 1. The van der Waals surface area contributed by atoms with Crippen LogP contribution in [0.1, 0.15) is 50.3 Å². The number of nitrogens with zero attached hydrogens (tertiary/aromatic N) is 4. The van der Waals surface area contributed by atoms with E-state index < -0.39 is 0 Å². The summed E-state index contributed by atoms with van der Waals surface area (Å²) in [6.45, 7) is 7.02. The molecule has 0 bridgehead atoms. The van der Waals surface area contributed by atoms with Crippen molar-refractivity contribution in [3.63, 3.8) is 0 Å². The molecule has 0 aromatic carbocycles. The molecule has 0 spiro atoms. The highest BCUT2D eigenvalue weighted by molar-refractivity contribution is 5.76. The average Bonchev–Trinajstić information content (AvgIpc) is 3.33. The minimum absolute atomic E-state index is 0.317. The fraction of sp³-hybridized carbons (Fsp3) is 0.600. The zero-order chi connectivity index (χ0) is 17.4. The van der Waals surface area contributed by atoms with E-state index in [-0.39, 0.29) is 0 Å². The van der Waals surface area contributed by atoms with Crippen LogP contribution in [0.5, 0.6) is 0 Å². The summed E-state index contributed by atoms with van der Waals surface area (Å²) in [7, 11) is 0. The van der Waals surface area contributed by atoms with Gasteiger partial charge in [-0.25, -0.2) is 4.98 Å². The van der Waals surface area contributed by atoms with Crippen LogP contribution >= 0.6 is 0 Å². The van der Waals surface area contributed by atoms with Crippen LogP contribution in [0, 0.1) is 6.92 Å². The number of hydrogen-bond acceptors (Lipinski definition) is 3. The molecule has 2 fully saturated rings. The van der Waals surface area contributed by atoms with E-state index in [9.17, 15) is 4.79 Å². The van der Waals surface area contributed by atoms with Crippen LogP contribution in [0.15, 0.2) is 24.5 Å². The molecule has 0 aliphatic carbocycles. The highest BCUT2D eigenvalue weighted by atomic mass is 16.2. The van der Waals surface area contributed by atoms with Crippen LogP contribution in [0.2, 0.25) is 0 Å². The van der Waals surface area contributed by atoms with Crippen molar-refractivity contribution in [1.29, 1.82) is 0 Å². The molecule has 0 N–H and O–H groups in total. The molecular weight excluding hydrogens is 312 g/mol. The van der Waals surface area contributed by atoms with E-state index in [0.717, 1.165) is 43.8 Å². The number of aromatic nitrogens is 2. The Morgan fingerprint density at radius 2 is 2.04 bits per heavy atom. The Hall–Kier alpha value is -1.88. The summed E-state index contributed by atoms with van der Waals surface area (Å²) < 4.78 is 2.12. The lowest BCUT2D eigenvalue weighted by molar-refractivity contribution is -0.132. The third kappa shape index (κ3) is 3.06. The Balaban J connectivity index is 1.53. The zero-order valence-corrected chi connectivity index (χ0v) is 15.3. The zero-order valence-electron chi connectivity index (χ0n) is 15.3. The van der Waals surface area contributed by atoms with Gasteiger partial charge in [-0.1, -0.05) is 13.0 Å². The summed E-state index contributed by atoms with van der Waals surface area (Å²) in [4.78, 5) is 21.8. The van der Waals surface area contributed by atoms with Crippen molar-refractivity contribution < 1.29 is 4.79 Å². The van der Waals surface area contributed by atoms with E-state index in [1.54, 1.807) is 0 Å². The van der Waals surface area contributed by atoms with Crippen LogP contribution < -0.4 is 0 Å². The molecule has 2 aromatic heterocycles. The number of imidazole rings is 1. The molecule has 0 saturated carbocycles. The molecule has 4 heterocycles. The minimum atomic E-state index is 0.317. The van der Waals surface area contributed by atoms with Crippen molar-refractivity contribution in [2.75, 3.05) is 13.1 Å². The number of hydrogen-bond donors (Lipinski definition) is 0. The Morgan fingerprint density at radius 1 is 1.24 bits per heavy atom. The molecular formula is C20H28N4O. The van der Waals surface area contributed by atoms with Gasteiger partial charge in [-0.2, -0.15) is 0 Å². The van der Waals surface area contributed by atoms with Gasteiger partial charge >= 0.3 is 0 Å². The van der Waals surface area contributed by atoms with E-state index in [2.05, 4.69) is 45.7 Å².